The Morgan fingerprint density at radius 1 is 1.27 bits per heavy atom. The molecule has 0 aliphatic carbocycles. The van der Waals surface area contributed by atoms with Crippen LogP contribution in [0.25, 0.3) is 0 Å². The molecular weight excluding hydrogens is 190 g/mol. The van der Waals surface area contributed by atoms with Gasteiger partial charge in [-0.25, -0.2) is 0 Å². The van der Waals surface area contributed by atoms with E-state index in [2.05, 4.69) is 5.32 Å². The third-order valence-corrected chi connectivity index (χ3v) is 2.48. The summed E-state index contributed by atoms with van der Waals surface area (Å²) >= 11 is 0. The Kier molecular flexibility index (Phi) is 5.32. The molecule has 0 fully saturated rings. The summed E-state index contributed by atoms with van der Waals surface area (Å²) in [5.74, 6) is 0. The first-order chi connectivity index (χ1) is 7.29. The van der Waals surface area contributed by atoms with E-state index >= 15 is 0 Å². The first kappa shape index (κ1) is 12.2. The molecule has 0 aliphatic rings. The van der Waals surface area contributed by atoms with Gasteiger partial charge in [-0.2, -0.15) is 0 Å². The third-order valence-electron chi connectivity index (χ3n) is 2.48. The smallest absolute Gasteiger partial charge is 0.0942 e. The van der Waals surface area contributed by atoms with Gasteiger partial charge >= 0.3 is 0 Å². The molecule has 2 unspecified atom stereocenters. The third kappa shape index (κ3) is 3.63. The van der Waals surface area contributed by atoms with E-state index in [1.165, 1.54) is 0 Å². The standard InChI is InChI=1S/C12H19NO2/c1-2-11(13-8-9-14)12(15)10-6-4-3-5-7-10/h3-7,11-15H,2,8-9H2,1H3. The average Bonchev–Trinajstić information content (AvgIpc) is 2.31. The van der Waals surface area contributed by atoms with Crippen molar-refractivity contribution in [3.63, 3.8) is 0 Å². The van der Waals surface area contributed by atoms with Gasteiger partial charge in [-0.1, -0.05) is 37.3 Å². The summed E-state index contributed by atoms with van der Waals surface area (Å²) in [6, 6.07) is 9.58. The van der Waals surface area contributed by atoms with Crippen LogP contribution < -0.4 is 5.32 Å². The molecular formula is C12H19NO2. The van der Waals surface area contributed by atoms with Crippen molar-refractivity contribution in [2.24, 2.45) is 0 Å². The van der Waals surface area contributed by atoms with E-state index < -0.39 is 6.10 Å². The van der Waals surface area contributed by atoms with Crippen molar-refractivity contribution in [2.45, 2.75) is 25.5 Å². The van der Waals surface area contributed by atoms with Gasteiger partial charge < -0.3 is 15.5 Å². The first-order valence-corrected chi connectivity index (χ1v) is 5.36. The van der Waals surface area contributed by atoms with E-state index in [1.807, 2.05) is 37.3 Å². The molecule has 0 saturated heterocycles. The van der Waals surface area contributed by atoms with Crippen LogP contribution in [0, 0.1) is 0 Å². The monoisotopic (exact) mass is 209 g/mol. The Labute approximate surface area is 90.8 Å². The molecule has 2 atom stereocenters. The SMILES string of the molecule is CCC(NCCO)C(O)c1ccccc1. The first-order valence-electron chi connectivity index (χ1n) is 5.36. The fourth-order valence-electron chi connectivity index (χ4n) is 1.61. The molecule has 0 radical (unpaired) electrons. The summed E-state index contributed by atoms with van der Waals surface area (Å²) in [4.78, 5) is 0. The number of rotatable bonds is 6. The highest BCUT2D eigenvalue weighted by Gasteiger charge is 2.17. The Morgan fingerprint density at radius 2 is 1.93 bits per heavy atom. The molecule has 1 rings (SSSR count). The molecule has 0 heterocycles. The Hall–Kier alpha value is -0.900. The minimum Gasteiger partial charge on any atom is -0.395 e. The van der Waals surface area contributed by atoms with Gasteiger partial charge in [0.15, 0.2) is 0 Å². The van der Waals surface area contributed by atoms with Crippen molar-refractivity contribution in [2.75, 3.05) is 13.2 Å². The van der Waals surface area contributed by atoms with Crippen LogP contribution in [0.3, 0.4) is 0 Å². The van der Waals surface area contributed by atoms with Crippen molar-refractivity contribution in [1.29, 1.82) is 0 Å². The summed E-state index contributed by atoms with van der Waals surface area (Å²) in [5, 5.41) is 21.9. The summed E-state index contributed by atoms with van der Waals surface area (Å²) in [6.45, 7) is 2.63. The number of hydrogen-bond acceptors (Lipinski definition) is 3. The van der Waals surface area contributed by atoms with Crippen LogP contribution in [0.5, 0.6) is 0 Å². The van der Waals surface area contributed by atoms with Crippen molar-refractivity contribution in [1.82, 2.24) is 5.32 Å². The molecule has 0 spiro atoms. The van der Waals surface area contributed by atoms with E-state index in [4.69, 9.17) is 5.11 Å². The molecule has 3 N–H and O–H groups in total. The number of hydrogen-bond donors (Lipinski definition) is 3. The van der Waals surface area contributed by atoms with Gasteiger partial charge in [0.2, 0.25) is 0 Å². The molecule has 15 heavy (non-hydrogen) atoms. The van der Waals surface area contributed by atoms with Gasteiger partial charge in [-0.3, -0.25) is 0 Å². The minimum absolute atomic E-state index is 0.000417. The maximum absolute atomic E-state index is 10.1. The Bertz CT molecular complexity index is 264. The van der Waals surface area contributed by atoms with Crippen LogP contribution in [0.15, 0.2) is 30.3 Å². The molecule has 84 valence electrons. The topological polar surface area (TPSA) is 52.5 Å². The number of nitrogens with one attached hydrogen (secondary N) is 1. The predicted molar refractivity (Wildman–Crippen MR) is 60.6 cm³/mol. The molecule has 1 aromatic rings. The van der Waals surface area contributed by atoms with Crippen LogP contribution in [0.2, 0.25) is 0 Å². The Balaban J connectivity index is 2.60. The van der Waals surface area contributed by atoms with Crippen LogP contribution >= 0.6 is 0 Å². The highest BCUT2D eigenvalue weighted by molar-refractivity contribution is 5.18. The second-order valence-corrected chi connectivity index (χ2v) is 3.55. The molecule has 0 bridgehead atoms. The van der Waals surface area contributed by atoms with E-state index in [0.717, 1.165) is 12.0 Å². The maximum atomic E-state index is 10.1. The van der Waals surface area contributed by atoms with E-state index in [9.17, 15) is 5.11 Å². The highest BCUT2D eigenvalue weighted by atomic mass is 16.3. The fourth-order valence-corrected chi connectivity index (χ4v) is 1.61. The van der Waals surface area contributed by atoms with Crippen molar-refractivity contribution in [3.05, 3.63) is 35.9 Å². The lowest BCUT2D eigenvalue weighted by Crippen LogP contribution is -2.36. The molecule has 0 aliphatic heterocycles. The normalized spacial score (nSPS) is 14.9. The van der Waals surface area contributed by atoms with Gasteiger partial charge in [0.1, 0.15) is 0 Å². The molecule has 0 amide bonds. The van der Waals surface area contributed by atoms with Gasteiger partial charge in [0, 0.05) is 12.6 Å². The average molecular weight is 209 g/mol. The number of aliphatic hydroxyl groups excluding tert-OH is 2. The molecule has 1 aromatic carbocycles. The zero-order chi connectivity index (χ0) is 11.1. The summed E-state index contributed by atoms with van der Waals surface area (Å²) in [5.41, 5.74) is 0.912. The lowest BCUT2D eigenvalue weighted by molar-refractivity contribution is 0.122. The van der Waals surface area contributed by atoms with Crippen molar-refractivity contribution in [3.8, 4) is 0 Å². The van der Waals surface area contributed by atoms with Gasteiger partial charge in [-0.15, -0.1) is 0 Å². The Morgan fingerprint density at radius 3 is 2.47 bits per heavy atom. The van der Waals surface area contributed by atoms with Gasteiger partial charge in [0.25, 0.3) is 0 Å². The zero-order valence-electron chi connectivity index (χ0n) is 9.06. The molecule has 3 nitrogen and oxygen atoms in total. The van der Waals surface area contributed by atoms with Gasteiger partial charge in [0.05, 0.1) is 12.7 Å². The molecule has 0 aromatic heterocycles. The quantitative estimate of drug-likeness (QED) is 0.657. The highest BCUT2D eigenvalue weighted by Crippen LogP contribution is 2.18. The minimum atomic E-state index is -0.511. The largest absolute Gasteiger partial charge is 0.395 e. The van der Waals surface area contributed by atoms with E-state index in [0.29, 0.717) is 6.54 Å². The second kappa shape index (κ2) is 6.56. The lowest BCUT2D eigenvalue weighted by Gasteiger charge is -2.22. The van der Waals surface area contributed by atoms with Crippen molar-refractivity contribution < 1.29 is 10.2 Å². The van der Waals surface area contributed by atoms with E-state index in [-0.39, 0.29) is 12.6 Å². The summed E-state index contributed by atoms with van der Waals surface area (Å²) in [6.07, 6.45) is 0.318. The van der Waals surface area contributed by atoms with E-state index in [1.54, 1.807) is 0 Å². The van der Waals surface area contributed by atoms with Gasteiger partial charge in [-0.05, 0) is 12.0 Å². The summed E-state index contributed by atoms with van der Waals surface area (Å²) < 4.78 is 0. The second-order valence-electron chi connectivity index (χ2n) is 3.55. The van der Waals surface area contributed by atoms with Crippen LogP contribution in [0.4, 0.5) is 0 Å². The fraction of sp³-hybridized carbons (Fsp3) is 0.500. The number of benzene rings is 1. The number of aliphatic hydroxyl groups is 2. The lowest BCUT2D eigenvalue weighted by atomic mass is 10.0. The zero-order valence-corrected chi connectivity index (χ0v) is 9.06. The van der Waals surface area contributed by atoms with Crippen LogP contribution in [-0.2, 0) is 0 Å². The predicted octanol–water partition coefficient (Wildman–Crippen LogP) is 1.08. The maximum Gasteiger partial charge on any atom is 0.0942 e. The molecule has 0 saturated carbocycles. The van der Waals surface area contributed by atoms with Crippen molar-refractivity contribution >= 4 is 0 Å². The van der Waals surface area contributed by atoms with Crippen LogP contribution in [0.1, 0.15) is 25.0 Å². The summed E-state index contributed by atoms with van der Waals surface area (Å²) in [7, 11) is 0. The van der Waals surface area contributed by atoms with Crippen LogP contribution in [-0.4, -0.2) is 29.4 Å². The molecule has 3 heteroatoms.